The van der Waals surface area contributed by atoms with Crippen LogP contribution in [0.2, 0.25) is 0 Å². The van der Waals surface area contributed by atoms with E-state index < -0.39 is 109 Å². The quantitative estimate of drug-likeness (QED) is 0.0622. The molecule has 0 bridgehead atoms. The van der Waals surface area contributed by atoms with Crippen molar-refractivity contribution in [2.24, 2.45) is 17.6 Å². The van der Waals surface area contributed by atoms with Crippen molar-refractivity contribution in [3.63, 3.8) is 0 Å². The van der Waals surface area contributed by atoms with E-state index in [9.17, 15) is 58.8 Å². The number of rotatable bonds is 23. The molecule has 6 amide bonds. The van der Waals surface area contributed by atoms with E-state index in [4.69, 9.17) is 5.73 Å². The maximum absolute atomic E-state index is 14.0. The standard InChI is InChI=1S/C39H55N7O12/c1-6-21(4)31(40)37(55)46-33(22(5)47)38(56)41-19-29(49)42-26(17-24-12-14-25(48)15-13-24)34(52)43-27(16-23-10-8-7-9-11-23)35(53)44-28(18-30(50)51)36(54)45-32(20(2)3)39(57)58/h7-15,20-22,26-28,31-33,47-48H,6,16-19,40H2,1-5H3,(H,41,56)(H,42,49)(H,43,52)(H,44,53)(H,45,54)(H,46,55)(H,50,51)(H,57,58)/t21-,22+,26-,27-,28-,31-,32-,33-/m0/s1. The Balaban J connectivity index is 2.36. The second kappa shape index (κ2) is 23.2. The molecule has 0 aliphatic heterocycles. The Kier molecular flexibility index (Phi) is 19.2. The van der Waals surface area contributed by atoms with Crippen LogP contribution in [0, 0.1) is 11.8 Å². The highest BCUT2D eigenvalue weighted by molar-refractivity contribution is 5.97. The van der Waals surface area contributed by atoms with Crippen molar-refractivity contribution in [3.8, 4) is 5.75 Å². The monoisotopic (exact) mass is 813 g/mol. The molecule has 19 heteroatoms. The largest absolute Gasteiger partial charge is 0.508 e. The Labute approximate surface area is 335 Å². The third-order valence-corrected chi connectivity index (χ3v) is 9.23. The molecule has 0 aliphatic rings. The fraction of sp³-hybridized carbons (Fsp3) is 0.487. The molecule has 58 heavy (non-hydrogen) atoms. The number of phenolic OH excluding ortho intramolecular Hbond substituents is 1. The maximum atomic E-state index is 14.0. The fourth-order valence-corrected chi connectivity index (χ4v) is 5.52. The molecule has 8 atom stereocenters. The Morgan fingerprint density at radius 3 is 1.64 bits per heavy atom. The first-order valence-corrected chi connectivity index (χ1v) is 18.7. The zero-order valence-corrected chi connectivity index (χ0v) is 33.1. The topological polar surface area (TPSA) is 316 Å². The predicted octanol–water partition coefficient (Wildman–Crippen LogP) is -1.31. The van der Waals surface area contributed by atoms with Crippen molar-refractivity contribution in [2.75, 3.05) is 6.54 Å². The van der Waals surface area contributed by atoms with Crippen molar-refractivity contribution in [1.29, 1.82) is 0 Å². The number of aliphatic hydroxyl groups is 1. The average molecular weight is 814 g/mol. The van der Waals surface area contributed by atoms with E-state index in [1.54, 1.807) is 37.3 Å². The van der Waals surface area contributed by atoms with Gasteiger partial charge in [-0.2, -0.15) is 0 Å². The lowest BCUT2D eigenvalue weighted by Crippen LogP contribution is -2.60. The van der Waals surface area contributed by atoms with E-state index in [0.717, 1.165) is 0 Å². The average Bonchev–Trinajstić information content (AvgIpc) is 3.16. The van der Waals surface area contributed by atoms with Gasteiger partial charge < -0.3 is 58.1 Å². The van der Waals surface area contributed by atoms with Gasteiger partial charge in [0.25, 0.3) is 0 Å². The summed E-state index contributed by atoms with van der Waals surface area (Å²) in [4.78, 5) is 103. The van der Waals surface area contributed by atoms with E-state index in [2.05, 4.69) is 31.9 Å². The summed E-state index contributed by atoms with van der Waals surface area (Å²) < 4.78 is 0. The van der Waals surface area contributed by atoms with Gasteiger partial charge in [-0.1, -0.05) is 76.6 Å². The first-order valence-electron chi connectivity index (χ1n) is 18.7. The van der Waals surface area contributed by atoms with Crippen molar-refractivity contribution < 1.29 is 58.8 Å². The van der Waals surface area contributed by atoms with Gasteiger partial charge in [-0.25, -0.2) is 4.79 Å². The van der Waals surface area contributed by atoms with Crippen molar-refractivity contribution in [1.82, 2.24) is 31.9 Å². The number of aliphatic hydroxyl groups excluding tert-OH is 1. The normalized spacial score (nSPS) is 15.2. The van der Waals surface area contributed by atoms with Gasteiger partial charge in [0.1, 0.15) is 36.0 Å². The molecule has 0 saturated carbocycles. The minimum Gasteiger partial charge on any atom is -0.508 e. The van der Waals surface area contributed by atoms with Gasteiger partial charge >= 0.3 is 11.9 Å². The number of aromatic hydroxyl groups is 1. The molecule has 0 unspecified atom stereocenters. The summed E-state index contributed by atoms with van der Waals surface area (Å²) >= 11 is 0. The van der Waals surface area contributed by atoms with Gasteiger partial charge in [0.2, 0.25) is 35.4 Å². The number of amides is 6. The maximum Gasteiger partial charge on any atom is 0.326 e. The lowest BCUT2D eigenvalue weighted by atomic mass is 9.99. The molecule has 0 saturated heterocycles. The highest BCUT2D eigenvalue weighted by Gasteiger charge is 2.34. The highest BCUT2D eigenvalue weighted by Crippen LogP contribution is 2.13. The Hall–Kier alpha value is -6.08. The molecule has 0 spiro atoms. The van der Waals surface area contributed by atoms with Crippen LogP contribution in [0.1, 0.15) is 58.6 Å². The lowest BCUT2D eigenvalue weighted by Gasteiger charge is -2.26. The van der Waals surface area contributed by atoms with E-state index in [1.165, 1.54) is 45.0 Å². The SMILES string of the molecule is CC[C@H](C)[C@H](N)C(=O)N[C@H](C(=O)NCC(=O)N[C@@H](Cc1ccc(O)cc1)C(=O)N[C@@H](Cc1ccccc1)C(=O)N[C@@H](CC(=O)O)C(=O)N[C@H](C(=O)O)C(C)C)[C@@H](C)O. The van der Waals surface area contributed by atoms with E-state index in [0.29, 0.717) is 17.5 Å². The molecule has 19 nitrogen and oxygen atoms in total. The zero-order valence-electron chi connectivity index (χ0n) is 33.1. The smallest absolute Gasteiger partial charge is 0.326 e. The summed E-state index contributed by atoms with van der Waals surface area (Å²) in [6.07, 6.45) is -2.10. The second-order valence-corrected chi connectivity index (χ2v) is 14.3. The molecule has 318 valence electrons. The lowest BCUT2D eigenvalue weighted by molar-refractivity contribution is -0.144. The molecule has 2 aromatic rings. The number of aliphatic carboxylic acids is 2. The number of hydrogen-bond acceptors (Lipinski definition) is 11. The molecular weight excluding hydrogens is 758 g/mol. The van der Waals surface area contributed by atoms with Gasteiger partial charge in [0, 0.05) is 12.8 Å². The summed E-state index contributed by atoms with van der Waals surface area (Å²) in [6.45, 7) is 7.16. The van der Waals surface area contributed by atoms with Crippen LogP contribution in [-0.2, 0) is 51.2 Å². The van der Waals surface area contributed by atoms with Crippen LogP contribution in [0.15, 0.2) is 54.6 Å². The van der Waals surface area contributed by atoms with E-state index >= 15 is 0 Å². The number of carbonyl (C=O) groups excluding carboxylic acids is 6. The summed E-state index contributed by atoms with van der Waals surface area (Å²) in [5.41, 5.74) is 6.96. The van der Waals surface area contributed by atoms with Gasteiger partial charge in [0.05, 0.1) is 25.1 Å². The van der Waals surface area contributed by atoms with Gasteiger partial charge in [0.15, 0.2) is 0 Å². The molecule has 2 aromatic carbocycles. The van der Waals surface area contributed by atoms with Gasteiger partial charge in [-0.15, -0.1) is 0 Å². The minimum absolute atomic E-state index is 0.0796. The van der Waals surface area contributed by atoms with Gasteiger partial charge in [-0.05, 0) is 42.0 Å². The third-order valence-electron chi connectivity index (χ3n) is 9.23. The number of nitrogens with two attached hydrogens (primary N) is 1. The fourth-order valence-electron chi connectivity index (χ4n) is 5.52. The third kappa shape index (κ3) is 15.8. The molecular formula is C39H55N7O12. The number of carboxylic acids is 2. The Morgan fingerprint density at radius 1 is 0.638 bits per heavy atom. The van der Waals surface area contributed by atoms with Crippen LogP contribution in [0.5, 0.6) is 5.75 Å². The summed E-state index contributed by atoms with van der Waals surface area (Å²) in [5.74, 6) is -9.27. The molecule has 0 aromatic heterocycles. The summed E-state index contributed by atoms with van der Waals surface area (Å²) in [5, 5.41) is 53.4. The minimum atomic E-state index is -1.75. The zero-order chi connectivity index (χ0) is 43.7. The number of carboxylic acid groups (broad SMARTS) is 2. The van der Waals surface area contributed by atoms with Crippen LogP contribution in [-0.4, -0.2) is 117 Å². The molecule has 0 radical (unpaired) electrons. The molecule has 0 aliphatic carbocycles. The number of nitrogens with one attached hydrogen (secondary N) is 6. The van der Waals surface area contributed by atoms with Crippen LogP contribution in [0.25, 0.3) is 0 Å². The van der Waals surface area contributed by atoms with Crippen molar-refractivity contribution in [2.45, 2.75) is 103 Å². The van der Waals surface area contributed by atoms with Crippen LogP contribution < -0.4 is 37.6 Å². The highest BCUT2D eigenvalue weighted by atomic mass is 16.4. The van der Waals surface area contributed by atoms with Crippen LogP contribution in [0.4, 0.5) is 0 Å². The summed E-state index contributed by atoms with van der Waals surface area (Å²) in [6, 6.07) is 5.48. The molecule has 0 heterocycles. The first kappa shape index (κ1) is 48.1. The Morgan fingerprint density at radius 2 is 1.14 bits per heavy atom. The number of benzene rings is 2. The predicted molar refractivity (Wildman–Crippen MR) is 208 cm³/mol. The van der Waals surface area contributed by atoms with E-state index in [1.807, 2.05) is 6.92 Å². The number of hydrogen-bond donors (Lipinski definition) is 11. The summed E-state index contributed by atoms with van der Waals surface area (Å²) in [7, 11) is 0. The van der Waals surface area contributed by atoms with Gasteiger partial charge in [-0.3, -0.25) is 33.6 Å². The molecule has 0 fully saturated rings. The molecule has 12 N–H and O–H groups in total. The first-order chi connectivity index (χ1) is 27.2. The van der Waals surface area contributed by atoms with E-state index in [-0.39, 0.29) is 24.5 Å². The van der Waals surface area contributed by atoms with Crippen LogP contribution in [0.3, 0.4) is 0 Å². The van der Waals surface area contributed by atoms with Crippen LogP contribution >= 0.6 is 0 Å². The number of carbonyl (C=O) groups is 8. The van der Waals surface area contributed by atoms with Crippen molar-refractivity contribution in [3.05, 3.63) is 65.7 Å². The van der Waals surface area contributed by atoms with Crippen molar-refractivity contribution >= 4 is 47.4 Å². The molecule has 2 rings (SSSR count). The Bertz CT molecular complexity index is 1740. The number of phenols is 1. The second-order valence-electron chi connectivity index (χ2n) is 14.3.